The zero-order valence-electron chi connectivity index (χ0n) is 8.42. The van der Waals surface area contributed by atoms with Crippen molar-refractivity contribution >= 4 is 34.2 Å². The third kappa shape index (κ3) is 1.62. The van der Waals surface area contributed by atoms with E-state index in [4.69, 9.17) is 0 Å². The van der Waals surface area contributed by atoms with E-state index in [2.05, 4.69) is 47.9 Å². The van der Waals surface area contributed by atoms with Crippen molar-refractivity contribution in [1.82, 2.24) is 4.98 Å². The number of hydrogen-bond acceptors (Lipinski definition) is 3. The molecule has 0 radical (unpaired) electrons. The SMILES string of the molecule is Sc1nc2c(-c3ccccc3)cccc2s1. The Bertz CT molecular complexity index is 629. The summed E-state index contributed by atoms with van der Waals surface area (Å²) in [7, 11) is 0. The van der Waals surface area contributed by atoms with Crippen LogP contribution >= 0.6 is 24.0 Å². The van der Waals surface area contributed by atoms with E-state index in [1.807, 2.05) is 18.2 Å². The first kappa shape index (κ1) is 9.87. The van der Waals surface area contributed by atoms with Crippen LogP contribution in [0.25, 0.3) is 21.3 Å². The first-order valence-corrected chi connectivity index (χ1v) is 6.25. The number of thiazole rings is 1. The summed E-state index contributed by atoms with van der Waals surface area (Å²) in [6, 6.07) is 16.6. The predicted octanol–water partition coefficient (Wildman–Crippen LogP) is 4.25. The van der Waals surface area contributed by atoms with Crippen molar-refractivity contribution in [2.45, 2.75) is 4.34 Å². The van der Waals surface area contributed by atoms with Gasteiger partial charge in [0.1, 0.15) is 4.34 Å². The fourth-order valence-corrected chi connectivity index (χ4v) is 2.92. The third-order valence-corrected chi connectivity index (χ3v) is 3.69. The van der Waals surface area contributed by atoms with Gasteiger partial charge in [-0.25, -0.2) is 4.98 Å². The summed E-state index contributed by atoms with van der Waals surface area (Å²) in [5.74, 6) is 0. The van der Waals surface area contributed by atoms with Crippen LogP contribution in [0.15, 0.2) is 52.9 Å². The molecule has 0 aliphatic heterocycles. The molecule has 1 heterocycles. The van der Waals surface area contributed by atoms with E-state index in [0.717, 1.165) is 9.86 Å². The number of thiol groups is 1. The van der Waals surface area contributed by atoms with Crippen molar-refractivity contribution in [3.05, 3.63) is 48.5 Å². The Morgan fingerprint density at radius 3 is 2.56 bits per heavy atom. The molecular formula is C13H9NS2. The van der Waals surface area contributed by atoms with E-state index in [9.17, 15) is 0 Å². The van der Waals surface area contributed by atoms with Gasteiger partial charge in [0.15, 0.2) is 0 Å². The average molecular weight is 243 g/mol. The van der Waals surface area contributed by atoms with Crippen molar-refractivity contribution in [2.24, 2.45) is 0 Å². The molecular weight excluding hydrogens is 234 g/mol. The lowest BCUT2D eigenvalue weighted by Gasteiger charge is -2.01. The van der Waals surface area contributed by atoms with Gasteiger partial charge < -0.3 is 0 Å². The molecule has 1 nitrogen and oxygen atoms in total. The summed E-state index contributed by atoms with van der Waals surface area (Å²) < 4.78 is 2.00. The summed E-state index contributed by atoms with van der Waals surface area (Å²) >= 11 is 5.92. The summed E-state index contributed by atoms with van der Waals surface area (Å²) in [6.45, 7) is 0. The molecule has 0 aliphatic rings. The topological polar surface area (TPSA) is 12.9 Å². The highest BCUT2D eigenvalue weighted by atomic mass is 32.2. The number of hydrogen-bond donors (Lipinski definition) is 1. The Morgan fingerprint density at radius 1 is 0.938 bits per heavy atom. The van der Waals surface area contributed by atoms with Gasteiger partial charge in [-0.3, -0.25) is 0 Å². The van der Waals surface area contributed by atoms with Crippen molar-refractivity contribution in [3.63, 3.8) is 0 Å². The van der Waals surface area contributed by atoms with Gasteiger partial charge in [-0.15, -0.1) is 24.0 Å². The molecule has 0 fully saturated rings. The van der Waals surface area contributed by atoms with Crippen molar-refractivity contribution < 1.29 is 0 Å². The Balaban J connectivity index is 2.31. The van der Waals surface area contributed by atoms with E-state index in [1.54, 1.807) is 11.3 Å². The maximum atomic E-state index is 4.47. The molecule has 0 amide bonds. The molecule has 1 aromatic heterocycles. The highest BCUT2D eigenvalue weighted by Crippen LogP contribution is 2.32. The van der Waals surface area contributed by atoms with Gasteiger partial charge in [0.2, 0.25) is 0 Å². The fourth-order valence-electron chi connectivity index (χ4n) is 1.79. The average Bonchev–Trinajstić information content (AvgIpc) is 2.70. The minimum Gasteiger partial charge on any atom is -0.229 e. The summed E-state index contributed by atoms with van der Waals surface area (Å²) in [5.41, 5.74) is 3.42. The molecule has 0 spiro atoms. The number of aromatic nitrogens is 1. The summed E-state index contributed by atoms with van der Waals surface area (Å²) in [6.07, 6.45) is 0. The monoisotopic (exact) mass is 243 g/mol. The molecule has 0 unspecified atom stereocenters. The maximum Gasteiger partial charge on any atom is 0.148 e. The highest BCUT2D eigenvalue weighted by Gasteiger charge is 2.07. The standard InChI is InChI=1S/C13H9NS2/c15-13-14-12-10(7-4-8-11(12)16-13)9-5-2-1-3-6-9/h1-8H,(H,14,15). The van der Waals surface area contributed by atoms with E-state index in [1.165, 1.54) is 15.8 Å². The quantitative estimate of drug-likeness (QED) is 0.630. The van der Waals surface area contributed by atoms with Crippen molar-refractivity contribution in [1.29, 1.82) is 0 Å². The number of nitrogens with zero attached hydrogens (tertiary/aromatic N) is 1. The highest BCUT2D eigenvalue weighted by molar-refractivity contribution is 7.82. The van der Waals surface area contributed by atoms with Gasteiger partial charge >= 0.3 is 0 Å². The molecule has 0 aliphatic carbocycles. The minimum absolute atomic E-state index is 0.818. The summed E-state index contributed by atoms with van der Waals surface area (Å²) in [5, 5.41) is 0. The molecule has 78 valence electrons. The molecule has 0 saturated heterocycles. The fraction of sp³-hybridized carbons (Fsp3) is 0. The second-order valence-corrected chi connectivity index (χ2v) is 5.27. The van der Waals surface area contributed by atoms with Gasteiger partial charge in [-0.1, -0.05) is 42.5 Å². The molecule has 2 aromatic carbocycles. The van der Waals surface area contributed by atoms with Crippen molar-refractivity contribution in [2.75, 3.05) is 0 Å². The molecule has 0 saturated carbocycles. The predicted molar refractivity (Wildman–Crippen MR) is 72.3 cm³/mol. The molecule has 3 aromatic rings. The van der Waals surface area contributed by atoms with Crippen LogP contribution < -0.4 is 0 Å². The molecule has 0 N–H and O–H groups in total. The number of fused-ring (bicyclic) bond motifs is 1. The minimum atomic E-state index is 0.818. The molecule has 3 rings (SSSR count). The largest absolute Gasteiger partial charge is 0.229 e. The Morgan fingerprint density at radius 2 is 1.75 bits per heavy atom. The van der Waals surface area contributed by atoms with Gasteiger partial charge in [0.05, 0.1) is 10.2 Å². The van der Waals surface area contributed by atoms with Gasteiger partial charge in [0, 0.05) is 5.56 Å². The summed E-state index contributed by atoms with van der Waals surface area (Å²) in [4.78, 5) is 4.47. The van der Waals surface area contributed by atoms with E-state index in [0.29, 0.717) is 0 Å². The van der Waals surface area contributed by atoms with Crippen LogP contribution in [0.4, 0.5) is 0 Å². The lowest BCUT2D eigenvalue weighted by atomic mass is 10.1. The van der Waals surface area contributed by atoms with E-state index < -0.39 is 0 Å². The smallest absolute Gasteiger partial charge is 0.148 e. The maximum absolute atomic E-state index is 4.47. The third-order valence-electron chi connectivity index (χ3n) is 2.49. The Labute approximate surface area is 103 Å². The zero-order chi connectivity index (χ0) is 11.0. The normalized spacial score (nSPS) is 10.8. The van der Waals surface area contributed by atoms with Crippen LogP contribution in [-0.4, -0.2) is 4.98 Å². The number of rotatable bonds is 1. The lowest BCUT2D eigenvalue weighted by molar-refractivity contribution is 1.31. The second-order valence-electron chi connectivity index (χ2n) is 3.51. The van der Waals surface area contributed by atoms with Gasteiger partial charge in [0.25, 0.3) is 0 Å². The second kappa shape index (κ2) is 3.92. The van der Waals surface area contributed by atoms with E-state index in [-0.39, 0.29) is 0 Å². The Kier molecular flexibility index (Phi) is 2.42. The lowest BCUT2D eigenvalue weighted by Crippen LogP contribution is -1.79. The van der Waals surface area contributed by atoms with Crippen LogP contribution in [0.2, 0.25) is 0 Å². The van der Waals surface area contributed by atoms with Crippen molar-refractivity contribution in [3.8, 4) is 11.1 Å². The first-order valence-electron chi connectivity index (χ1n) is 4.98. The van der Waals surface area contributed by atoms with Crippen LogP contribution in [0.3, 0.4) is 0 Å². The molecule has 0 bridgehead atoms. The molecule has 16 heavy (non-hydrogen) atoms. The van der Waals surface area contributed by atoms with Crippen LogP contribution in [0, 0.1) is 0 Å². The first-order chi connectivity index (χ1) is 7.84. The van der Waals surface area contributed by atoms with Crippen LogP contribution in [-0.2, 0) is 0 Å². The van der Waals surface area contributed by atoms with Gasteiger partial charge in [-0.05, 0) is 11.6 Å². The number of benzene rings is 2. The van der Waals surface area contributed by atoms with Gasteiger partial charge in [-0.2, -0.15) is 0 Å². The van der Waals surface area contributed by atoms with Crippen LogP contribution in [0.1, 0.15) is 0 Å². The Hall–Kier alpha value is -1.32. The van der Waals surface area contributed by atoms with Crippen LogP contribution in [0.5, 0.6) is 0 Å². The zero-order valence-corrected chi connectivity index (χ0v) is 10.1. The number of para-hydroxylation sites is 1. The molecule has 3 heteroatoms. The van der Waals surface area contributed by atoms with E-state index >= 15 is 0 Å². The molecule has 0 atom stereocenters.